The molecule has 0 spiro atoms. The topological polar surface area (TPSA) is 163 Å². The molecule has 0 aliphatic carbocycles. The molecule has 0 aliphatic heterocycles. The summed E-state index contributed by atoms with van der Waals surface area (Å²) in [6.07, 6.45) is 2.33. The van der Waals surface area contributed by atoms with E-state index >= 15 is 0 Å². The van der Waals surface area contributed by atoms with Gasteiger partial charge in [-0.1, -0.05) is 6.92 Å². The third-order valence-electron chi connectivity index (χ3n) is 3.96. The molecule has 0 bridgehead atoms. The van der Waals surface area contributed by atoms with Gasteiger partial charge in [0.05, 0.1) is 28.7 Å². The van der Waals surface area contributed by atoms with E-state index in [1.165, 1.54) is 18.3 Å². The number of aldehydes is 1. The van der Waals surface area contributed by atoms with Crippen molar-refractivity contribution < 1.29 is 33.0 Å². The lowest BCUT2D eigenvalue weighted by Crippen LogP contribution is -2.35. The van der Waals surface area contributed by atoms with Crippen LogP contribution in [0.5, 0.6) is 5.75 Å². The Morgan fingerprint density at radius 2 is 1.97 bits per heavy atom. The smallest absolute Gasteiger partial charge is 0.339 e. The highest BCUT2D eigenvalue weighted by atomic mass is 32.2. The fraction of sp³-hybridized carbons (Fsp3) is 0.222. The van der Waals surface area contributed by atoms with Gasteiger partial charge in [0.15, 0.2) is 0 Å². The van der Waals surface area contributed by atoms with Crippen molar-refractivity contribution in [2.75, 3.05) is 0 Å². The summed E-state index contributed by atoms with van der Waals surface area (Å²) in [5.41, 5.74) is -0.0200. The molecular formula is C18H19N3O7S. The van der Waals surface area contributed by atoms with Gasteiger partial charge in [-0.3, -0.25) is 9.78 Å². The van der Waals surface area contributed by atoms with Gasteiger partial charge in [0.25, 0.3) is 5.91 Å². The molecule has 4 N–H and O–H groups in total. The van der Waals surface area contributed by atoms with E-state index in [9.17, 15) is 27.9 Å². The van der Waals surface area contributed by atoms with Gasteiger partial charge < -0.3 is 20.3 Å². The SMILES string of the molecule is CCC(C=O)NC(=O)c1ccc(CNS(=O)(=O)c2ccc(O)c(C(=O)O)c2)nc1. The summed E-state index contributed by atoms with van der Waals surface area (Å²) in [6, 6.07) is 5.17. The molecule has 1 atom stereocenters. The van der Waals surface area contributed by atoms with Crippen LogP contribution < -0.4 is 10.0 Å². The highest BCUT2D eigenvalue weighted by Gasteiger charge is 2.19. The Kier molecular flexibility index (Phi) is 7.02. The lowest BCUT2D eigenvalue weighted by atomic mass is 10.2. The quantitative estimate of drug-likeness (QED) is 0.429. The lowest BCUT2D eigenvalue weighted by molar-refractivity contribution is -0.109. The minimum Gasteiger partial charge on any atom is -0.507 e. The number of pyridine rings is 1. The number of sulfonamides is 1. The maximum absolute atomic E-state index is 12.3. The number of nitrogens with zero attached hydrogens (tertiary/aromatic N) is 1. The summed E-state index contributed by atoms with van der Waals surface area (Å²) in [5.74, 6) is -2.49. The van der Waals surface area contributed by atoms with Crippen molar-refractivity contribution in [1.82, 2.24) is 15.0 Å². The summed E-state index contributed by atoms with van der Waals surface area (Å²) in [4.78, 5) is 37.5. The predicted octanol–water partition coefficient (Wildman–Crippen LogP) is 0.671. The van der Waals surface area contributed by atoms with Gasteiger partial charge in [0, 0.05) is 6.20 Å². The number of carboxylic acid groups (broad SMARTS) is 1. The number of aromatic carboxylic acids is 1. The fourth-order valence-electron chi connectivity index (χ4n) is 2.25. The molecule has 154 valence electrons. The van der Waals surface area contributed by atoms with Crippen molar-refractivity contribution in [3.8, 4) is 5.75 Å². The van der Waals surface area contributed by atoms with Crippen LogP contribution in [0.4, 0.5) is 0 Å². The van der Waals surface area contributed by atoms with Crippen molar-refractivity contribution in [2.45, 2.75) is 30.8 Å². The van der Waals surface area contributed by atoms with Crippen LogP contribution in [0.2, 0.25) is 0 Å². The summed E-state index contributed by atoms with van der Waals surface area (Å²) in [5, 5.41) is 21.0. The van der Waals surface area contributed by atoms with Crippen molar-refractivity contribution in [3.05, 3.63) is 53.3 Å². The number of carboxylic acids is 1. The second kappa shape index (κ2) is 9.26. The molecule has 1 unspecified atom stereocenters. The zero-order valence-electron chi connectivity index (χ0n) is 15.3. The molecule has 1 amide bonds. The number of aromatic nitrogens is 1. The standard InChI is InChI=1S/C18H19N3O7S/c1-2-12(10-22)21-17(24)11-3-4-13(19-8-11)9-20-29(27,28)14-5-6-16(23)15(7-14)18(25)26/h3-8,10,12,20,23H,2,9H2,1H3,(H,21,24)(H,25,26). The van der Waals surface area contributed by atoms with Crippen molar-refractivity contribution >= 4 is 28.2 Å². The van der Waals surface area contributed by atoms with E-state index in [2.05, 4.69) is 15.0 Å². The molecule has 0 saturated heterocycles. The third-order valence-corrected chi connectivity index (χ3v) is 5.36. The molecule has 0 saturated carbocycles. The number of phenols is 1. The molecular weight excluding hydrogens is 402 g/mol. The fourth-order valence-corrected chi connectivity index (χ4v) is 3.28. The van der Waals surface area contributed by atoms with E-state index in [4.69, 9.17) is 5.11 Å². The van der Waals surface area contributed by atoms with Crippen molar-refractivity contribution in [1.29, 1.82) is 0 Å². The Balaban J connectivity index is 2.07. The molecule has 2 rings (SSSR count). The first-order valence-corrected chi connectivity index (χ1v) is 9.93. The summed E-state index contributed by atoms with van der Waals surface area (Å²) < 4.78 is 27.0. The highest BCUT2D eigenvalue weighted by molar-refractivity contribution is 7.89. The van der Waals surface area contributed by atoms with Crippen LogP contribution >= 0.6 is 0 Å². The number of aromatic hydroxyl groups is 1. The highest BCUT2D eigenvalue weighted by Crippen LogP contribution is 2.21. The van der Waals surface area contributed by atoms with Gasteiger partial charge >= 0.3 is 5.97 Å². The maximum Gasteiger partial charge on any atom is 0.339 e. The number of amides is 1. The first kappa shape index (κ1) is 22.0. The Morgan fingerprint density at radius 1 is 1.24 bits per heavy atom. The van der Waals surface area contributed by atoms with Crippen LogP contribution in [0.25, 0.3) is 0 Å². The molecule has 1 aromatic heterocycles. The maximum atomic E-state index is 12.3. The Bertz CT molecular complexity index is 1020. The number of benzene rings is 1. The minimum absolute atomic E-state index is 0.209. The Hall–Kier alpha value is -3.31. The van der Waals surface area contributed by atoms with Crippen LogP contribution in [0.15, 0.2) is 41.4 Å². The van der Waals surface area contributed by atoms with E-state index in [1.807, 2.05) is 0 Å². The predicted molar refractivity (Wildman–Crippen MR) is 101 cm³/mol. The second-order valence-electron chi connectivity index (χ2n) is 5.97. The van der Waals surface area contributed by atoms with Gasteiger partial charge in [-0.05, 0) is 36.8 Å². The molecule has 1 heterocycles. The molecule has 0 radical (unpaired) electrons. The average molecular weight is 421 g/mol. The molecule has 2 aromatic rings. The number of hydrogen-bond donors (Lipinski definition) is 4. The minimum atomic E-state index is -4.06. The van der Waals surface area contributed by atoms with Crippen molar-refractivity contribution in [2.24, 2.45) is 0 Å². The molecule has 29 heavy (non-hydrogen) atoms. The van der Waals surface area contributed by atoms with Crippen LogP contribution in [-0.4, -0.2) is 47.8 Å². The summed E-state index contributed by atoms with van der Waals surface area (Å²) in [6.45, 7) is 1.54. The number of carbonyl (C=O) groups is 3. The van der Waals surface area contributed by atoms with Gasteiger partial charge in [-0.25, -0.2) is 17.9 Å². The Morgan fingerprint density at radius 3 is 2.52 bits per heavy atom. The number of hydrogen-bond acceptors (Lipinski definition) is 7. The van der Waals surface area contributed by atoms with Crippen LogP contribution in [0.1, 0.15) is 39.8 Å². The van der Waals surface area contributed by atoms with E-state index < -0.39 is 39.3 Å². The molecule has 10 nitrogen and oxygen atoms in total. The monoisotopic (exact) mass is 421 g/mol. The molecule has 11 heteroatoms. The zero-order chi connectivity index (χ0) is 21.6. The first-order chi connectivity index (χ1) is 13.7. The summed E-state index contributed by atoms with van der Waals surface area (Å²) in [7, 11) is -4.06. The third kappa shape index (κ3) is 5.59. The van der Waals surface area contributed by atoms with E-state index in [1.54, 1.807) is 6.92 Å². The molecule has 1 aromatic carbocycles. The number of rotatable bonds is 9. The molecule has 0 aliphatic rings. The van der Waals surface area contributed by atoms with Crippen LogP contribution in [0, 0.1) is 0 Å². The number of nitrogens with one attached hydrogen (secondary N) is 2. The van der Waals surface area contributed by atoms with E-state index in [-0.39, 0.29) is 17.0 Å². The number of carbonyl (C=O) groups excluding carboxylic acids is 2. The first-order valence-electron chi connectivity index (χ1n) is 8.45. The average Bonchev–Trinajstić information content (AvgIpc) is 2.70. The zero-order valence-corrected chi connectivity index (χ0v) is 16.1. The normalized spacial score (nSPS) is 12.2. The van der Waals surface area contributed by atoms with E-state index in [0.717, 1.165) is 18.2 Å². The van der Waals surface area contributed by atoms with Crippen LogP contribution in [-0.2, 0) is 21.4 Å². The summed E-state index contributed by atoms with van der Waals surface area (Å²) >= 11 is 0. The van der Waals surface area contributed by atoms with Gasteiger partial charge in [-0.2, -0.15) is 0 Å². The second-order valence-corrected chi connectivity index (χ2v) is 7.74. The van der Waals surface area contributed by atoms with Crippen LogP contribution in [0.3, 0.4) is 0 Å². The van der Waals surface area contributed by atoms with Gasteiger partial charge in [0.1, 0.15) is 17.6 Å². The lowest BCUT2D eigenvalue weighted by Gasteiger charge is -2.11. The molecule has 0 fully saturated rings. The van der Waals surface area contributed by atoms with Gasteiger partial charge in [-0.15, -0.1) is 0 Å². The Labute approximate surface area is 166 Å². The van der Waals surface area contributed by atoms with Crippen molar-refractivity contribution in [3.63, 3.8) is 0 Å². The largest absolute Gasteiger partial charge is 0.507 e. The van der Waals surface area contributed by atoms with E-state index in [0.29, 0.717) is 18.4 Å². The van der Waals surface area contributed by atoms with Gasteiger partial charge in [0.2, 0.25) is 10.0 Å².